The maximum absolute atomic E-state index is 12.3. The predicted octanol–water partition coefficient (Wildman–Crippen LogP) is 2.42. The SMILES string of the molecule is CCS[C@@H]1CCCC[C@H]1NC(=O)c1n[nH]c(C)c1[N+](=O)[O-]. The molecule has 1 aliphatic rings. The van der Waals surface area contributed by atoms with Crippen LogP contribution in [0.25, 0.3) is 0 Å². The van der Waals surface area contributed by atoms with Crippen molar-refractivity contribution in [3.05, 3.63) is 21.5 Å². The number of aromatic nitrogens is 2. The van der Waals surface area contributed by atoms with E-state index in [-0.39, 0.29) is 17.4 Å². The lowest BCUT2D eigenvalue weighted by Crippen LogP contribution is -2.44. The minimum absolute atomic E-state index is 0.0628. The molecule has 2 atom stereocenters. The summed E-state index contributed by atoms with van der Waals surface area (Å²) >= 11 is 1.84. The van der Waals surface area contributed by atoms with Crippen molar-refractivity contribution in [2.24, 2.45) is 0 Å². The van der Waals surface area contributed by atoms with Gasteiger partial charge in [0.05, 0.1) is 4.92 Å². The molecule has 0 saturated heterocycles. The minimum Gasteiger partial charge on any atom is -0.347 e. The van der Waals surface area contributed by atoms with Crippen LogP contribution in [0.15, 0.2) is 0 Å². The number of aryl methyl sites for hydroxylation is 1. The van der Waals surface area contributed by atoms with Crippen molar-refractivity contribution in [1.29, 1.82) is 0 Å². The third kappa shape index (κ3) is 3.55. The van der Waals surface area contributed by atoms with Gasteiger partial charge in [-0.05, 0) is 25.5 Å². The first-order valence-electron chi connectivity index (χ1n) is 7.16. The van der Waals surface area contributed by atoms with Gasteiger partial charge in [-0.2, -0.15) is 16.9 Å². The van der Waals surface area contributed by atoms with Crippen LogP contribution in [0.2, 0.25) is 0 Å². The van der Waals surface area contributed by atoms with E-state index in [1.807, 2.05) is 11.8 Å². The van der Waals surface area contributed by atoms with Gasteiger partial charge in [0.1, 0.15) is 5.69 Å². The number of nitrogens with one attached hydrogen (secondary N) is 2. The Labute approximate surface area is 127 Å². The summed E-state index contributed by atoms with van der Waals surface area (Å²) in [5.74, 6) is 0.540. The maximum atomic E-state index is 12.3. The minimum atomic E-state index is -0.563. The molecule has 0 spiro atoms. The average Bonchev–Trinajstić information content (AvgIpc) is 2.83. The van der Waals surface area contributed by atoms with E-state index in [4.69, 9.17) is 0 Å². The lowest BCUT2D eigenvalue weighted by molar-refractivity contribution is -0.385. The lowest BCUT2D eigenvalue weighted by atomic mass is 9.94. The molecule has 1 amide bonds. The summed E-state index contributed by atoms with van der Waals surface area (Å²) in [6.07, 6.45) is 4.24. The number of nitro groups is 1. The standard InChI is InChI=1S/C13H20N4O3S/c1-3-21-10-7-5-4-6-9(10)14-13(18)11-12(17(19)20)8(2)15-16-11/h9-10H,3-7H2,1-2H3,(H,14,18)(H,15,16)/t9-,10-/m1/s1. The lowest BCUT2D eigenvalue weighted by Gasteiger charge is -2.31. The second-order valence-electron chi connectivity index (χ2n) is 5.16. The highest BCUT2D eigenvalue weighted by molar-refractivity contribution is 7.99. The van der Waals surface area contributed by atoms with E-state index < -0.39 is 10.8 Å². The molecule has 0 bridgehead atoms. The quantitative estimate of drug-likeness (QED) is 0.642. The highest BCUT2D eigenvalue weighted by Gasteiger charge is 2.31. The third-order valence-corrected chi connectivity index (χ3v) is 5.04. The van der Waals surface area contributed by atoms with Crippen molar-refractivity contribution >= 4 is 23.4 Å². The molecule has 21 heavy (non-hydrogen) atoms. The van der Waals surface area contributed by atoms with Gasteiger partial charge >= 0.3 is 5.69 Å². The summed E-state index contributed by atoms with van der Waals surface area (Å²) in [5, 5.41) is 20.6. The smallest absolute Gasteiger partial charge is 0.322 e. The van der Waals surface area contributed by atoms with Crippen LogP contribution in [0, 0.1) is 17.0 Å². The first-order chi connectivity index (χ1) is 10.0. The topological polar surface area (TPSA) is 101 Å². The van der Waals surface area contributed by atoms with E-state index in [1.165, 1.54) is 13.3 Å². The van der Waals surface area contributed by atoms with Gasteiger partial charge in [-0.15, -0.1) is 0 Å². The summed E-state index contributed by atoms with van der Waals surface area (Å²) in [5.41, 5.74) is -0.0559. The Morgan fingerprint density at radius 3 is 2.90 bits per heavy atom. The molecular formula is C13H20N4O3S. The molecule has 0 radical (unpaired) electrons. The number of hydrogen-bond donors (Lipinski definition) is 2. The molecule has 1 heterocycles. The second-order valence-corrected chi connectivity index (χ2v) is 6.68. The van der Waals surface area contributed by atoms with Crippen LogP contribution in [0.4, 0.5) is 5.69 Å². The maximum Gasteiger partial charge on any atom is 0.322 e. The number of carbonyl (C=O) groups is 1. The van der Waals surface area contributed by atoms with E-state index >= 15 is 0 Å². The Balaban J connectivity index is 2.11. The predicted molar refractivity (Wildman–Crippen MR) is 81.6 cm³/mol. The Bertz CT molecular complexity index is 529. The first-order valence-corrected chi connectivity index (χ1v) is 8.21. The summed E-state index contributed by atoms with van der Waals surface area (Å²) in [4.78, 5) is 22.8. The molecule has 2 N–H and O–H groups in total. The monoisotopic (exact) mass is 312 g/mol. The number of hydrogen-bond acceptors (Lipinski definition) is 5. The van der Waals surface area contributed by atoms with Gasteiger partial charge in [-0.1, -0.05) is 19.8 Å². The van der Waals surface area contributed by atoms with Crippen molar-refractivity contribution in [3.63, 3.8) is 0 Å². The Morgan fingerprint density at radius 2 is 2.24 bits per heavy atom. The number of thioether (sulfide) groups is 1. The summed E-state index contributed by atoms with van der Waals surface area (Å²) < 4.78 is 0. The van der Waals surface area contributed by atoms with Gasteiger partial charge < -0.3 is 5.32 Å². The van der Waals surface area contributed by atoms with E-state index in [2.05, 4.69) is 22.4 Å². The molecule has 0 unspecified atom stereocenters. The fourth-order valence-electron chi connectivity index (χ4n) is 2.72. The second kappa shape index (κ2) is 6.93. The van der Waals surface area contributed by atoms with Gasteiger partial charge in [0, 0.05) is 11.3 Å². The van der Waals surface area contributed by atoms with Crippen LogP contribution in [-0.4, -0.2) is 38.1 Å². The molecule has 8 heteroatoms. The molecule has 2 rings (SSSR count). The summed E-state index contributed by atoms with van der Waals surface area (Å²) in [6, 6.07) is 0.0628. The van der Waals surface area contributed by atoms with Crippen molar-refractivity contribution in [2.45, 2.75) is 50.8 Å². The molecule has 116 valence electrons. The van der Waals surface area contributed by atoms with Crippen molar-refractivity contribution in [2.75, 3.05) is 5.75 Å². The van der Waals surface area contributed by atoms with E-state index in [1.54, 1.807) is 0 Å². The number of rotatable bonds is 5. The Kier molecular flexibility index (Phi) is 5.22. The molecule has 1 aromatic rings. The molecule has 1 aliphatic carbocycles. The Morgan fingerprint density at radius 1 is 1.52 bits per heavy atom. The number of aromatic amines is 1. The zero-order chi connectivity index (χ0) is 15.4. The molecule has 1 saturated carbocycles. The van der Waals surface area contributed by atoms with Crippen LogP contribution in [0.5, 0.6) is 0 Å². The number of carbonyl (C=O) groups excluding carboxylic acids is 1. The van der Waals surface area contributed by atoms with Gasteiger partial charge in [-0.25, -0.2) is 0 Å². The van der Waals surface area contributed by atoms with Crippen LogP contribution in [-0.2, 0) is 0 Å². The van der Waals surface area contributed by atoms with Gasteiger partial charge in [0.25, 0.3) is 5.91 Å². The molecule has 1 fully saturated rings. The Hall–Kier alpha value is -1.57. The number of H-pyrrole nitrogens is 1. The van der Waals surface area contributed by atoms with Crippen LogP contribution in [0.1, 0.15) is 48.8 Å². The van der Waals surface area contributed by atoms with Gasteiger partial charge in [0.2, 0.25) is 5.69 Å². The molecule has 7 nitrogen and oxygen atoms in total. The van der Waals surface area contributed by atoms with Crippen LogP contribution in [0.3, 0.4) is 0 Å². The highest BCUT2D eigenvalue weighted by atomic mass is 32.2. The zero-order valence-corrected chi connectivity index (χ0v) is 13.0. The van der Waals surface area contributed by atoms with Gasteiger partial charge in [-0.3, -0.25) is 20.0 Å². The fourth-order valence-corrected chi connectivity index (χ4v) is 3.92. The van der Waals surface area contributed by atoms with Crippen molar-refractivity contribution in [1.82, 2.24) is 15.5 Å². The van der Waals surface area contributed by atoms with E-state index in [0.29, 0.717) is 10.9 Å². The molecule has 0 aromatic carbocycles. The van der Waals surface area contributed by atoms with Gasteiger partial charge in [0.15, 0.2) is 0 Å². The van der Waals surface area contributed by atoms with Crippen molar-refractivity contribution < 1.29 is 9.72 Å². The largest absolute Gasteiger partial charge is 0.347 e. The third-order valence-electron chi connectivity index (χ3n) is 3.71. The number of amides is 1. The van der Waals surface area contributed by atoms with E-state index in [0.717, 1.165) is 25.0 Å². The molecular weight excluding hydrogens is 292 g/mol. The van der Waals surface area contributed by atoms with Crippen LogP contribution < -0.4 is 5.32 Å². The summed E-state index contributed by atoms with van der Waals surface area (Å²) in [7, 11) is 0. The zero-order valence-electron chi connectivity index (χ0n) is 12.2. The van der Waals surface area contributed by atoms with E-state index in [9.17, 15) is 14.9 Å². The first kappa shape index (κ1) is 15.8. The van der Waals surface area contributed by atoms with Crippen LogP contribution >= 0.6 is 11.8 Å². The fraction of sp³-hybridized carbons (Fsp3) is 0.692. The highest BCUT2D eigenvalue weighted by Crippen LogP contribution is 2.29. The molecule has 1 aromatic heterocycles. The average molecular weight is 312 g/mol. The van der Waals surface area contributed by atoms with Crippen molar-refractivity contribution in [3.8, 4) is 0 Å². The normalized spacial score (nSPS) is 22.0. The number of nitrogens with zero attached hydrogens (tertiary/aromatic N) is 2. The molecule has 0 aliphatic heterocycles. The summed E-state index contributed by atoms with van der Waals surface area (Å²) in [6.45, 7) is 3.64.